The van der Waals surface area contributed by atoms with Crippen molar-refractivity contribution in [1.82, 2.24) is 0 Å². The van der Waals surface area contributed by atoms with E-state index in [0.29, 0.717) is 25.4 Å². The van der Waals surface area contributed by atoms with Crippen molar-refractivity contribution in [3.63, 3.8) is 0 Å². The minimum absolute atomic E-state index is 0.0195. The Morgan fingerprint density at radius 2 is 2.27 bits per heavy atom. The van der Waals surface area contributed by atoms with E-state index in [9.17, 15) is 4.39 Å². The Balaban J connectivity index is 2.24. The maximum atomic E-state index is 13.5. The fourth-order valence-corrected chi connectivity index (χ4v) is 1.81. The number of hydrogen-bond donors (Lipinski definition) is 1. The molecule has 2 rings (SSSR count). The fraction of sp³-hybridized carbons (Fsp3) is 0.455. The van der Waals surface area contributed by atoms with E-state index in [1.54, 1.807) is 18.2 Å². The van der Waals surface area contributed by atoms with E-state index in [2.05, 4.69) is 0 Å². The van der Waals surface area contributed by atoms with Gasteiger partial charge in [0.15, 0.2) is 0 Å². The Morgan fingerprint density at radius 3 is 3.00 bits per heavy atom. The van der Waals surface area contributed by atoms with Gasteiger partial charge in [0, 0.05) is 6.54 Å². The third-order valence-corrected chi connectivity index (χ3v) is 2.60. The number of rotatable bonds is 2. The Hall–Kier alpha value is -1.13. The maximum absolute atomic E-state index is 13.5. The fourth-order valence-electron chi connectivity index (χ4n) is 1.81. The molecule has 0 radical (unpaired) electrons. The average Bonchev–Trinajstić information content (AvgIpc) is 2.30. The molecule has 1 aromatic carbocycles. The van der Waals surface area contributed by atoms with Gasteiger partial charge in [-0.05, 0) is 12.1 Å². The summed E-state index contributed by atoms with van der Waals surface area (Å²) < 4.78 is 18.8. The Kier molecular flexibility index (Phi) is 3.18. The van der Waals surface area contributed by atoms with Gasteiger partial charge in [0.1, 0.15) is 5.82 Å². The summed E-state index contributed by atoms with van der Waals surface area (Å²) in [6, 6.07) is 6.47. The van der Waals surface area contributed by atoms with Gasteiger partial charge in [0.25, 0.3) is 0 Å². The van der Waals surface area contributed by atoms with Crippen LogP contribution >= 0.6 is 0 Å². The molecule has 1 heterocycles. The molecular formula is C11H14FNO2. The van der Waals surface area contributed by atoms with Crippen molar-refractivity contribution >= 4 is 5.69 Å². The van der Waals surface area contributed by atoms with Crippen LogP contribution in [0.2, 0.25) is 0 Å². The van der Waals surface area contributed by atoms with E-state index in [1.807, 2.05) is 4.90 Å². The molecule has 1 aliphatic heterocycles. The standard InChI is InChI=1S/C11H14FNO2/c12-10-3-1-2-4-11(10)13-5-6-15-8-9(13)7-14/h1-4,9,14H,5-8H2. The first-order valence-electron chi connectivity index (χ1n) is 5.02. The Morgan fingerprint density at radius 1 is 1.47 bits per heavy atom. The number of benzene rings is 1. The molecule has 3 nitrogen and oxygen atoms in total. The van der Waals surface area contributed by atoms with Gasteiger partial charge in [-0.3, -0.25) is 0 Å². The monoisotopic (exact) mass is 211 g/mol. The van der Waals surface area contributed by atoms with Gasteiger partial charge in [0.2, 0.25) is 0 Å². The molecule has 1 aromatic rings. The first-order valence-corrected chi connectivity index (χ1v) is 5.02. The second-order valence-corrected chi connectivity index (χ2v) is 3.56. The summed E-state index contributed by atoms with van der Waals surface area (Å²) in [6.45, 7) is 1.62. The zero-order valence-corrected chi connectivity index (χ0v) is 8.40. The lowest BCUT2D eigenvalue weighted by atomic mass is 10.2. The highest BCUT2D eigenvalue weighted by Gasteiger charge is 2.24. The summed E-state index contributed by atoms with van der Waals surface area (Å²) in [5.41, 5.74) is 0.542. The first-order chi connectivity index (χ1) is 7.33. The van der Waals surface area contributed by atoms with Crippen molar-refractivity contribution in [3.8, 4) is 0 Å². The molecule has 0 spiro atoms. The van der Waals surface area contributed by atoms with E-state index in [4.69, 9.17) is 9.84 Å². The molecule has 15 heavy (non-hydrogen) atoms. The summed E-state index contributed by atoms with van der Waals surface area (Å²) in [5, 5.41) is 9.17. The van der Waals surface area contributed by atoms with Gasteiger partial charge in [-0.25, -0.2) is 4.39 Å². The summed E-state index contributed by atoms with van der Waals surface area (Å²) in [7, 11) is 0. The highest BCUT2D eigenvalue weighted by atomic mass is 19.1. The maximum Gasteiger partial charge on any atom is 0.146 e. The molecule has 1 aliphatic rings. The minimum Gasteiger partial charge on any atom is -0.394 e. The van der Waals surface area contributed by atoms with Gasteiger partial charge in [-0.1, -0.05) is 12.1 Å². The van der Waals surface area contributed by atoms with Gasteiger partial charge >= 0.3 is 0 Å². The van der Waals surface area contributed by atoms with Crippen LogP contribution in [-0.4, -0.2) is 37.5 Å². The summed E-state index contributed by atoms with van der Waals surface area (Å²) >= 11 is 0. The van der Waals surface area contributed by atoms with E-state index < -0.39 is 0 Å². The second-order valence-electron chi connectivity index (χ2n) is 3.56. The van der Waals surface area contributed by atoms with Gasteiger partial charge in [0.05, 0.1) is 31.5 Å². The minimum atomic E-state index is -0.252. The topological polar surface area (TPSA) is 32.7 Å². The molecule has 1 saturated heterocycles. The smallest absolute Gasteiger partial charge is 0.146 e. The molecule has 4 heteroatoms. The van der Waals surface area contributed by atoms with Crippen LogP contribution in [0.3, 0.4) is 0 Å². The van der Waals surface area contributed by atoms with Gasteiger partial charge < -0.3 is 14.7 Å². The molecular weight excluding hydrogens is 197 g/mol. The second kappa shape index (κ2) is 4.59. The number of nitrogens with zero attached hydrogens (tertiary/aromatic N) is 1. The van der Waals surface area contributed by atoms with Crippen LogP contribution in [0.4, 0.5) is 10.1 Å². The molecule has 0 aromatic heterocycles. The zero-order valence-electron chi connectivity index (χ0n) is 8.40. The van der Waals surface area contributed by atoms with E-state index in [1.165, 1.54) is 6.07 Å². The van der Waals surface area contributed by atoms with Crippen molar-refractivity contribution in [2.24, 2.45) is 0 Å². The molecule has 1 atom stereocenters. The van der Waals surface area contributed by atoms with Crippen LogP contribution in [0.25, 0.3) is 0 Å². The van der Waals surface area contributed by atoms with Crippen LogP contribution in [0.5, 0.6) is 0 Å². The summed E-state index contributed by atoms with van der Waals surface area (Å²) in [4.78, 5) is 1.86. The number of para-hydroxylation sites is 1. The number of hydrogen-bond acceptors (Lipinski definition) is 3. The Bertz CT molecular complexity index is 332. The van der Waals surface area contributed by atoms with Gasteiger partial charge in [-0.15, -0.1) is 0 Å². The molecule has 0 bridgehead atoms. The van der Waals surface area contributed by atoms with Gasteiger partial charge in [-0.2, -0.15) is 0 Å². The lowest BCUT2D eigenvalue weighted by Crippen LogP contribution is -2.48. The molecule has 82 valence electrons. The Labute approximate surface area is 88.1 Å². The average molecular weight is 211 g/mol. The molecule has 1 unspecified atom stereocenters. The first kappa shape index (κ1) is 10.4. The number of ether oxygens (including phenoxy) is 1. The quantitative estimate of drug-likeness (QED) is 0.792. The number of halogens is 1. The van der Waals surface area contributed by atoms with E-state index >= 15 is 0 Å². The zero-order chi connectivity index (χ0) is 10.7. The highest BCUT2D eigenvalue weighted by Crippen LogP contribution is 2.22. The van der Waals surface area contributed by atoms with Crippen LogP contribution in [0.1, 0.15) is 0 Å². The van der Waals surface area contributed by atoms with E-state index in [-0.39, 0.29) is 18.5 Å². The summed E-state index contributed by atoms with van der Waals surface area (Å²) in [5.74, 6) is -0.252. The summed E-state index contributed by atoms with van der Waals surface area (Å²) in [6.07, 6.45) is 0. The molecule has 1 N–H and O–H groups in total. The normalized spacial score (nSPS) is 21.7. The number of aliphatic hydroxyl groups is 1. The molecule has 0 saturated carbocycles. The lowest BCUT2D eigenvalue weighted by molar-refractivity contribution is 0.0723. The van der Waals surface area contributed by atoms with Crippen LogP contribution < -0.4 is 4.90 Å². The van der Waals surface area contributed by atoms with Crippen molar-refractivity contribution in [2.75, 3.05) is 31.3 Å². The van der Waals surface area contributed by atoms with Crippen LogP contribution in [-0.2, 0) is 4.74 Å². The van der Waals surface area contributed by atoms with Crippen molar-refractivity contribution in [3.05, 3.63) is 30.1 Å². The molecule has 0 amide bonds. The molecule has 1 fully saturated rings. The van der Waals surface area contributed by atoms with Crippen molar-refractivity contribution in [2.45, 2.75) is 6.04 Å². The van der Waals surface area contributed by atoms with Crippen molar-refractivity contribution < 1.29 is 14.2 Å². The largest absolute Gasteiger partial charge is 0.394 e. The highest BCUT2D eigenvalue weighted by molar-refractivity contribution is 5.49. The van der Waals surface area contributed by atoms with E-state index in [0.717, 1.165) is 0 Å². The van der Waals surface area contributed by atoms with Crippen LogP contribution in [0, 0.1) is 5.82 Å². The predicted molar refractivity (Wildman–Crippen MR) is 55.4 cm³/mol. The van der Waals surface area contributed by atoms with Crippen LogP contribution in [0.15, 0.2) is 24.3 Å². The predicted octanol–water partition coefficient (Wildman–Crippen LogP) is 1.02. The third-order valence-electron chi connectivity index (χ3n) is 2.60. The number of aliphatic hydroxyl groups excluding tert-OH is 1. The SMILES string of the molecule is OCC1COCCN1c1ccccc1F. The lowest BCUT2D eigenvalue weighted by Gasteiger charge is -2.36. The number of anilines is 1. The third kappa shape index (κ3) is 2.11. The van der Waals surface area contributed by atoms with Crippen molar-refractivity contribution in [1.29, 1.82) is 0 Å². The molecule has 0 aliphatic carbocycles. The number of morpholine rings is 1.